The van der Waals surface area contributed by atoms with E-state index < -0.39 is 0 Å². The number of carbonyl (C=O) groups is 1. The highest BCUT2D eigenvalue weighted by molar-refractivity contribution is 5.93. The fraction of sp³-hybridized carbons (Fsp3) is 0.318. The number of rotatable bonds is 6. The molecule has 1 aliphatic rings. The van der Waals surface area contributed by atoms with Crippen LogP contribution in [0, 0.1) is 0 Å². The van der Waals surface area contributed by atoms with E-state index in [-0.39, 0.29) is 11.9 Å². The average Bonchev–Trinajstić information content (AvgIpc) is 3.26. The zero-order chi connectivity index (χ0) is 19.2. The van der Waals surface area contributed by atoms with Crippen LogP contribution in [0.5, 0.6) is 0 Å². The maximum absolute atomic E-state index is 12.7. The highest BCUT2D eigenvalue weighted by atomic mass is 16.1. The molecule has 0 saturated carbocycles. The van der Waals surface area contributed by atoms with Gasteiger partial charge in [-0.3, -0.25) is 19.8 Å². The van der Waals surface area contributed by atoms with E-state index in [0.717, 1.165) is 29.9 Å². The van der Waals surface area contributed by atoms with Crippen molar-refractivity contribution >= 4 is 5.91 Å². The Hall–Kier alpha value is -2.99. The van der Waals surface area contributed by atoms with Gasteiger partial charge in [0.2, 0.25) is 0 Å². The molecule has 2 aromatic heterocycles. The summed E-state index contributed by atoms with van der Waals surface area (Å²) in [6.07, 6.45) is 7.36. The van der Waals surface area contributed by atoms with Gasteiger partial charge in [-0.25, -0.2) is 0 Å². The number of hydrogen-bond donors (Lipinski definition) is 2. The Morgan fingerprint density at radius 1 is 1.11 bits per heavy atom. The lowest BCUT2D eigenvalue weighted by atomic mass is 10.0. The molecule has 0 bridgehead atoms. The van der Waals surface area contributed by atoms with Crippen LogP contribution in [0.3, 0.4) is 0 Å². The van der Waals surface area contributed by atoms with Gasteiger partial charge >= 0.3 is 0 Å². The van der Waals surface area contributed by atoms with Crippen molar-refractivity contribution in [1.82, 2.24) is 25.4 Å². The van der Waals surface area contributed by atoms with Crippen molar-refractivity contribution in [1.29, 1.82) is 0 Å². The highest BCUT2D eigenvalue weighted by Crippen LogP contribution is 2.24. The first-order valence-electron chi connectivity index (χ1n) is 9.84. The number of benzene rings is 1. The first-order chi connectivity index (χ1) is 13.8. The molecule has 1 amide bonds. The molecule has 6 nitrogen and oxygen atoms in total. The lowest BCUT2D eigenvalue weighted by Crippen LogP contribution is -2.40. The Kier molecular flexibility index (Phi) is 5.77. The molecule has 0 unspecified atom stereocenters. The minimum absolute atomic E-state index is 0.134. The van der Waals surface area contributed by atoms with Gasteiger partial charge in [-0.2, -0.15) is 5.10 Å². The van der Waals surface area contributed by atoms with Crippen LogP contribution in [0.1, 0.15) is 41.4 Å². The molecule has 3 aromatic rings. The number of piperidine rings is 1. The number of hydrogen-bond acceptors (Lipinski definition) is 4. The number of H-pyrrole nitrogens is 1. The second kappa shape index (κ2) is 8.80. The number of carbonyl (C=O) groups excluding carboxylic acids is 1. The van der Waals surface area contributed by atoms with Gasteiger partial charge < -0.3 is 5.32 Å². The molecule has 3 heterocycles. The van der Waals surface area contributed by atoms with Gasteiger partial charge in [0.1, 0.15) is 5.69 Å². The van der Waals surface area contributed by atoms with Crippen LogP contribution < -0.4 is 5.32 Å². The van der Waals surface area contributed by atoms with Crippen LogP contribution in [-0.4, -0.2) is 45.6 Å². The van der Waals surface area contributed by atoms with Gasteiger partial charge in [-0.1, -0.05) is 42.8 Å². The molecule has 1 aliphatic heterocycles. The van der Waals surface area contributed by atoms with Crippen LogP contribution in [0.4, 0.5) is 0 Å². The summed E-state index contributed by atoms with van der Waals surface area (Å²) in [5.74, 6) is -0.138. The minimum atomic E-state index is -0.138. The van der Waals surface area contributed by atoms with Crippen molar-refractivity contribution in [3.05, 3.63) is 72.2 Å². The third-order valence-electron chi connectivity index (χ3n) is 5.25. The lowest BCUT2D eigenvalue weighted by Gasteiger charge is -2.34. The van der Waals surface area contributed by atoms with Crippen molar-refractivity contribution < 1.29 is 4.79 Å². The first-order valence-corrected chi connectivity index (χ1v) is 9.84. The van der Waals surface area contributed by atoms with Gasteiger partial charge in [-0.05, 0) is 43.6 Å². The Morgan fingerprint density at radius 3 is 2.68 bits per heavy atom. The van der Waals surface area contributed by atoms with Crippen molar-refractivity contribution in [2.24, 2.45) is 0 Å². The third-order valence-corrected chi connectivity index (χ3v) is 5.25. The summed E-state index contributed by atoms with van der Waals surface area (Å²) in [7, 11) is 0. The van der Waals surface area contributed by atoms with Crippen LogP contribution in [-0.2, 0) is 0 Å². The Balaban J connectivity index is 1.45. The summed E-state index contributed by atoms with van der Waals surface area (Å²) in [4.78, 5) is 19.4. The van der Waals surface area contributed by atoms with E-state index in [1.807, 2.05) is 42.6 Å². The molecule has 6 heteroatoms. The van der Waals surface area contributed by atoms with E-state index in [9.17, 15) is 4.79 Å². The molecular weight excluding hydrogens is 350 g/mol. The largest absolute Gasteiger partial charge is 0.349 e. The zero-order valence-electron chi connectivity index (χ0n) is 15.8. The Morgan fingerprint density at radius 2 is 1.93 bits per heavy atom. The van der Waals surface area contributed by atoms with Gasteiger partial charge in [-0.15, -0.1) is 0 Å². The first kappa shape index (κ1) is 18.4. The van der Waals surface area contributed by atoms with E-state index in [2.05, 4.69) is 31.5 Å². The maximum Gasteiger partial charge on any atom is 0.269 e. The van der Waals surface area contributed by atoms with Gasteiger partial charge in [0.15, 0.2) is 0 Å². The SMILES string of the molecule is O=C(NC[C@H](c1cccnc1)N1CCCCC1)c1cc(-c2ccccc2)n[nH]1. The molecule has 0 radical (unpaired) electrons. The van der Waals surface area contributed by atoms with E-state index in [1.165, 1.54) is 19.3 Å². The molecule has 1 atom stereocenters. The molecule has 28 heavy (non-hydrogen) atoms. The summed E-state index contributed by atoms with van der Waals surface area (Å²) < 4.78 is 0. The number of amides is 1. The molecule has 0 aliphatic carbocycles. The second-order valence-corrected chi connectivity index (χ2v) is 7.14. The Labute approximate surface area is 165 Å². The molecule has 0 spiro atoms. The van der Waals surface area contributed by atoms with Crippen molar-refractivity contribution in [2.75, 3.05) is 19.6 Å². The summed E-state index contributed by atoms with van der Waals surface area (Å²) >= 11 is 0. The fourth-order valence-electron chi connectivity index (χ4n) is 3.74. The lowest BCUT2D eigenvalue weighted by molar-refractivity contribution is 0.0919. The topological polar surface area (TPSA) is 73.9 Å². The molecular formula is C22H25N5O. The predicted molar refractivity (Wildman–Crippen MR) is 109 cm³/mol. The summed E-state index contributed by atoms with van der Waals surface area (Å²) in [5.41, 5.74) is 3.37. The predicted octanol–water partition coefficient (Wildman–Crippen LogP) is 3.43. The van der Waals surface area contributed by atoms with Crippen LogP contribution in [0.25, 0.3) is 11.3 Å². The maximum atomic E-state index is 12.7. The van der Waals surface area contributed by atoms with Gasteiger partial charge in [0.25, 0.3) is 5.91 Å². The normalized spacial score (nSPS) is 15.9. The quantitative estimate of drug-likeness (QED) is 0.692. The van der Waals surface area contributed by atoms with Crippen molar-refractivity contribution in [3.8, 4) is 11.3 Å². The second-order valence-electron chi connectivity index (χ2n) is 7.14. The van der Waals surface area contributed by atoms with E-state index in [4.69, 9.17) is 0 Å². The third kappa shape index (κ3) is 4.28. The molecule has 2 N–H and O–H groups in total. The van der Waals surface area contributed by atoms with Gasteiger partial charge in [0, 0.05) is 24.5 Å². The minimum Gasteiger partial charge on any atom is -0.349 e. The molecule has 1 fully saturated rings. The monoisotopic (exact) mass is 375 g/mol. The van der Waals surface area contributed by atoms with Crippen LogP contribution >= 0.6 is 0 Å². The molecule has 1 saturated heterocycles. The zero-order valence-corrected chi connectivity index (χ0v) is 15.8. The molecule has 1 aromatic carbocycles. The van der Waals surface area contributed by atoms with Crippen molar-refractivity contribution in [3.63, 3.8) is 0 Å². The van der Waals surface area contributed by atoms with E-state index >= 15 is 0 Å². The van der Waals surface area contributed by atoms with Crippen LogP contribution in [0.2, 0.25) is 0 Å². The smallest absolute Gasteiger partial charge is 0.269 e. The molecule has 144 valence electrons. The standard InChI is InChI=1S/C22H25N5O/c28-22(20-14-19(25-26-20)17-8-3-1-4-9-17)24-16-21(18-10-7-11-23-15-18)27-12-5-2-6-13-27/h1,3-4,7-11,14-15,21H,2,5-6,12-13,16H2,(H,24,28)(H,25,26)/t21-/m1/s1. The number of nitrogens with one attached hydrogen (secondary N) is 2. The van der Waals surface area contributed by atoms with Gasteiger partial charge in [0.05, 0.1) is 11.7 Å². The van der Waals surface area contributed by atoms with Crippen molar-refractivity contribution in [2.45, 2.75) is 25.3 Å². The number of likely N-dealkylation sites (tertiary alicyclic amines) is 1. The summed E-state index contributed by atoms with van der Waals surface area (Å²) in [6, 6.07) is 15.8. The fourth-order valence-corrected chi connectivity index (χ4v) is 3.74. The van der Waals surface area contributed by atoms with E-state index in [1.54, 1.807) is 12.3 Å². The summed E-state index contributed by atoms with van der Waals surface area (Å²) in [6.45, 7) is 2.65. The number of nitrogens with zero attached hydrogens (tertiary/aromatic N) is 3. The highest BCUT2D eigenvalue weighted by Gasteiger charge is 2.23. The Bertz CT molecular complexity index is 888. The van der Waals surface area contributed by atoms with E-state index in [0.29, 0.717) is 12.2 Å². The van der Waals surface area contributed by atoms with Crippen LogP contribution in [0.15, 0.2) is 60.9 Å². The molecule has 4 rings (SSSR count). The average molecular weight is 375 g/mol. The number of aromatic amines is 1. The summed E-state index contributed by atoms with van der Waals surface area (Å²) in [5, 5.41) is 10.2. The number of pyridine rings is 1. The number of aromatic nitrogens is 3.